The highest BCUT2D eigenvalue weighted by atomic mass is 19.2. The van der Waals surface area contributed by atoms with Crippen molar-refractivity contribution in [2.24, 2.45) is 5.92 Å². The highest BCUT2D eigenvalue weighted by Gasteiger charge is 2.26. The fourth-order valence-corrected chi connectivity index (χ4v) is 3.63. The van der Waals surface area contributed by atoms with Gasteiger partial charge in [0.05, 0.1) is 6.54 Å². The second-order valence-electron chi connectivity index (χ2n) is 7.28. The molecule has 1 aromatic rings. The second-order valence-corrected chi connectivity index (χ2v) is 7.28. The third kappa shape index (κ3) is 4.38. The number of hydrogen-bond acceptors (Lipinski definition) is 3. The van der Waals surface area contributed by atoms with Crippen LogP contribution in [0.25, 0.3) is 0 Å². The Labute approximate surface area is 152 Å². The lowest BCUT2D eigenvalue weighted by Crippen LogP contribution is -2.52. The van der Waals surface area contributed by atoms with E-state index in [4.69, 9.17) is 0 Å². The highest BCUT2D eigenvalue weighted by Crippen LogP contribution is 2.16. The molecule has 3 rings (SSSR count). The molecule has 0 aromatic heterocycles. The summed E-state index contributed by atoms with van der Waals surface area (Å²) in [6.45, 7) is 6.35. The summed E-state index contributed by atoms with van der Waals surface area (Å²) in [5, 5.41) is 0. The number of benzene rings is 1. The van der Waals surface area contributed by atoms with Crippen molar-refractivity contribution in [3.8, 4) is 0 Å². The van der Waals surface area contributed by atoms with E-state index in [2.05, 4.69) is 11.8 Å². The van der Waals surface area contributed by atoms with E-state index >= 15 is 0 Å². The van der Waals surface area contributed by atoms with Crippen LogP contribution in [0.3, 0.4) is 0 Å². The molecule has 2 heterocycles. The van der Waals surface area contributed by atoms with E-state index in [1.807, 2.05) is 4.90 Å². The molecule has 0 radical (unpaired) electrons. The molecule has 2 aliphatic rings. The van der Waals surface area contributed by atoms with Crippen molar-refractivity contribution < 1.29 is 18.4 Å². The molecule has 0 bridgehead atoms. The first-order chi connectivity index (χ1) is 12.4. The topological polar surface area (TPSA) is 43.9 Å². The maximum atomic E-state index is 13.3. The average Bonchev–Trinajstić information content (AvgIpc) is 2.64. The number of likely N-dealkylation sites (tertiary alicyclic amines) is 1. The Hall–Kier alpha value is -2.02. The molecule has 26 heavy (non-hydrogen) atoms. The van der Waals surface area contributed by atoms with Crippen LogP contribution < -0.4 is 0 Å². The van der Waals surface area contributed by atoms with Gasteiger partial charge in [0, 0.05) is 44.8 Å². The van der Waals surface area contributed by atoms with Gasteiger partial charge in [-0.2, -0.15) is 0 Å². The molecule has 2 aliphatic heterocycles. The van der Waals surface area contributed by atoms with Crippen LogP contribution in [0.1, 0.15) is 30.1 Å². The summed E-state index contributed by atoms with van der Waals surface area (Å²) < 4.78 is 26.3. The molecule has 2 amide bonds. The zero-order valence-corrected chi connectivity index (χ0v) is 15.1. The number of carbonyl (C=O) groups excluding carboxylic acids is 2. The standard InChI is InChI=1S/C19H25F2N3O2/c1-14-3-2-6-24(12-14)18(25)13-22-7-9-23(10-8-22)19(26)15-4-5-16(20)17(21)11-15/h4-5,11,14H,2-3,6-10,12-13H2,1H3. The number of nitrogens with zero attached hydrogens (tertiary/aromatic N) is 3. The second kappa shape index (κ2) is 8.12. The molecule has 0 spiro atoms. The van der Waals surface area contributed by atoms with Crippen molar-refractivity contribution in [3.05, 3.63) is 35.4 Å². The van der Waals surface area contributed by atoms with Gasteiger partial charge in [0.25, 0.3) is 5.91 Å². The number of amides is 2. The summed E-state index contributed by atoms with van der Waals surface area (Å²) in [6, 6.07) is 3.20. The van der Waals surface area contributed by atoms with Gasteiger partial charge in [-0.3, -0.25) is 14.5 Å². The van der Waals surface area contributed by atoms with Crippen LogP contribution in [0.4, 0.5) is 8.78 Å². The fraction of sp³-hybridized carbons (Fsp3) is 0.579. The van der Waals surface area contributed by atoms with Crippen LogP contribution in [-0.4, -0.2) is 72.3 Å². The number of piperazine rings is 1. The molecule has 0 aliphatic carbocycles. The van der Waals surface area contributed by atoms with E-state index in [9.17, 15) is 18.4 Å². The van der Waals surface area contributed by atoms with E-state index in [1.165, 1.54) is 12.5 Å². The number of hydrogen-bond donors (Lipinski definition) is 0. The van der Waals surface area contributed by atoms with Crippen LogP contribution in [0.2, 0.25) is 0 Å². The van der Waals surface area contributed by atoms with Crippen molar-refractivity contribution in [2.45, 2.75) is 19.8 Å². The molecule has 0 saturated carbocycles. The smallest absolute Gasteiger partial charge is 0.254 e. The molecule has 0 N–H and O–H groups in total. The number of halogens is 2. The normalized spacial score (nSPS) is 21.7. The van der Waals surface area contributed by atoms with Crippen LogP contribution in [0, 0.1) is 17.6 Å². The van der Waals surface area contributed by atoms with E-state index in [1.54, 1.807) is 4.90 Å². The summed E-state index contributed by atoms with van der Waals surface area (Å²) in [5.74, 6) is -1.58. The largest absolute Gasteiger partial charge is 0.341 e. The lowest BCUT2D eigenvalue weighted by Gasteiger charge is -2.37. The van der Waals surface area contributed by atoms with E-state index in [-0.39, 0.29) is 17.4 Å². The number of rotatable bonds is 3. The summed E-state index contributed by atoms with van der Waals surface area (Å²) in [4.78, 5) is 30.5. The van der Waals surface area contributed by atoms with Crippen LogP contribution in [-0.2, 0) is 4.79 Å². The van der Waals surface area contributed by atoms with Gasteiger partial charge in [-0.25, -0.2) is 8.78 Å². The third-order valence-corrected chi connectivity index (χ3v) is 5.19. The Morgan fingerprint density at radius 2 is 1.77 bits per heavy atom. The summed E-state index contributed by atoms with van der Waals surface area (Å²) >= 11 is 0. The Kier molecular flexibility index (Phi) is 5.86. The molecular formula is C19H25F2N3O2. The van der Waals surface area contributed by atoms with E-state index in [0.29, 0.717) is 38.6 Å². The first-order valence-corrected chi connectivity index (χ1v) is 9.18. The van der Waals surface area contributed by atoms with Gasteiger partial charge in [-0.15, -0.1) is 0 Å². The predicted molar refractivity (Wildman–Crippen MR) is 93.7 cm³/mol. The SMILES string of the molecule is CC1CCCN(C(=O)CN2CCN(C(=O)c3ccc(F)c(F)c3)CC2)C1. The minimum atomic E-state index is -1.02. The fourth-order valence-electron chi connectivity index (χ4n) is 3.63. The summed E-state index contributed by atoms with van der Waals surface area (Å²) in [6.07, 6.45) is 2.23. The van der Waals surface area contributed by atoms with Crippen molar-refractivity contribution in [1.29, 1.82) is 0 Å². The molecular weight excluding hydrogens is 340 g/mol. The van der Waals surface area contributed by atoms with Crippen molar-refractivity contribution in [2.75, 3.05) is 45.8 Å². The Morgan fingerprint density at radius 3 is 2.42 bits per heavy atom. The minimum Gasteiger partial charge on any atom is -0.341 e. The van der Waals surface area contributed by atoms with Crippen LogP contribution in [0.15, 0.2) is 18.2 Å². The average molecular weight is 365 g/mol. The molecule has 1 aromatic carbocycles. The van der Waals surface area contributed by atoms with Gasteiger partial charge < -0.3 is 9.80 Å². The van der Waals surface area contributed by atoms with Crippen molar-refractivity contribution in [3.63, 3.8) is 0 Å². The molecule has 1 unspecified atom stereocenters. The predicted octanol–water partition coefficient (Wildman–Crippen LogP) is 1.98. The molecule has 2 fully saturated rings. The maximum absolute atomic E-state index is 13.3. The van der Waals surface area contributed by atoms with Gasteiger partial charge >= 0.3 is 0 Å². The van der Waals surface area contributed by atoms with Crippen LogP contribution >= 0.6 is 0 Å². The van der Waals surface area contributed by atoms with Gasteiger partial charge in [-0.1, -0.05) is 6.92 Å². The van der Waals surface area contributed by atoms with Crippen LogP contribution in [0.5, 0.6) is 0 Å². The first-order valence-electron chi connectivity index (χ1n) is 9.18. The Bertz CT molecular complexity index is 675. The summed E-state index contributed by atoms with van der Waals surface area (Å²) in [5.41, 5.74) is 0.149. The lowest BCUT2D eigenvalue weighted by atomic mass is 10.0. The third-order valence-electron chi connectivity index (χ3n) is 5.19. The van der Waals surface area contributed by atoms with E-state index < -0.39 is 11.6 Å². The molecule has 7 heteroatoms. The maximum Gasteiger partial charge on any atom is 0.254 e. The zero-order valence-electron chi connectivity index (χ0n) is 15.1. The Balaban J connectivity index is 1.50. The van der Waals surface area contributed by atoms with Gasteiger partial charge in [0.1, 0.15) is 0 Å². The zero-order chi connectivity index (χ0) is 18.7. The van der Waals surface area contributed by atoms with E-state index in [0.717, 1.165) is 31.6 Å². The first kappa shape index (κ1) is 18.8. The van der Waals surface area contributed by atoms with Crippen molar-refractivity contribution >= 4 is 11.8 Å². The minimum absolute atomic E-state index is 0.149. The number of piperidine rings is 1. The quantitative estimate of drug-likeness (QED) is 0.823. The summed E-state index contributed by atoms with van der Waals surface area (Å²) in [7, 11) is 0. The molecule has 142 valence electrons. The van der Waals surface area contributed by atoms with Gasteiger partial charge in [0.15, 0.2) is 11.6 Å². The van der Waals surface area contributed by atoms with Crippen molar-refractivity contribution in [1.82, 2.24) is 14.7 Å². The van der Waals surface area contributed by atoms with Gasteiger partial charge in [0.2, 0.25) is 5.91 Å². The molecule has 1 atom stereocenters. The molecule has 5 nitrogen and oxygen atoms in total. The number of carbonyl (C=O) groups is 2. The van der Waals surface area contributed by atoms with Gasteiger partial charge in [-0.05, 0) is 37.0 Å². The molecule has 2 saturated heterocycles. The highest BCUT2D eigenvalue weighted by molar-refractivity contribution is 5.94. The monoisotopic (exact) mass is 365 g/mol. The lowest BCUT2D eigenvalue weighted by molar-refractivity contribution is -0.134. The Morgan fingerprint density at radius 1 is 1.04 bits per heavy atom.